The molecule has 3 N–H and O–H groups in total. The Balaban J connectivity index is 1.34. The zero-order valence-electron chi connectivity index (χ0n) is 16.6. The average Bonchev–Trinajstić information content (AvgIpc) is 3.57. The van der Waals surface area contributed by atoms with Gasteiger partial charge in [-0.05, 0) is 55.3 Å². The maximum absolute atomic E-state index is 13.4. The van der Waals surface area contributed by atoms with Gasteiger partial charge in [-0.3, -0.25) is 4.79 Å². The number of hydrogen-bond donors (Lipinski definition) is 3. The second-order valence-corrected chi connectivity index (χ2v) is 7.16. The molecule has 8 heteroatoms. The number of aromatic nitrogens is 1. The quantitative estimate of drug-likeness (QED) is 0.533. The smallest absolute Gasteiger partial charge is 0.319 e. The lowest BCUT2D eigenvalue weighted by Gasteiger charge is -2.11. The molecule has 1 saturated carbocycles. The topological polar surface area (TPSA) is 92.4 Å². The molecule has 4 rings (SSSR count). The van der Waals surface area contributed by atoms with E-state index in [1.807, 2.05) is 0 Å². The molecule has 1 fully saturated rings. The van der Waals surface area contributed by atoms with Crippen LogP contribution in [0.15, 0.2) is 66.9 Å². The van der Waals surface area contributed by atoms with E-state index in [1.54, 1.807) is 54.7 Å². The zero-order valence-corrected chi connectivity index (χ0v) is 16.6. The van der Waals surface area contributed by atoms with Crippen LogP contribution in [-0.4, -0.2) is 23.0 Å². The van der Waals surface area contributed by atoms with Gasteiger partial charge in [-0.2, -0.15) is 0 Å². The van der Waals surface area contributed by atoms with Crippen LogP contribution in [0, 0.1) is 5.82 Å². The van der Waals surface area contributed by atoms with E-state index in [1.165, 1.54) is 12.1 Å². The van der Waals surface area contributed by atoms with Crippen LogP contribution in [0.4, 0.5) is 14.9 Å². The average molecular weight is 420 g/mol. The fourth-order valence-electron chi connectivity index (χ4n) is 2.86. The first-order valence-corrected chi connectivity index (χ1v) is 9.90. The predicted molar refractivity (Wildman–Crippen MR) is 113 cm³/mol. The van der Waals surface area contributed by atoms with Crippen LogP contribution in [0.2, 0.25) is 0 Å². The van der Waals surface area contributed by atoms with Crippen molar-refractivity contribution in [1.29, 1.82) is 0 Å². The first-order chi connectivity index (χ1) is 15.1. The number of benzene rings is 2. The van der Waals surface area contributed by atoms with Crippen molar-refractivity contribution in [3.05, 3.63) is 83.8 Å². The second-order valence-electron chi connectivity index (χ2n) is 7.16. The molecular weight excluding hydrogens is 399 g/mol. The molecule has 2 aromatic carbocycles. The Hall–Kier alpha value is -3.94. The van der Waals surface area contributed by atoms with Gasteiger partial charge in [0.05, 0.1) is 0 Å². The Morgan fingerprint density at radius 2 is 1.87 bits per heavy atom. The molecule has 158 valence electrons. The largest absolute Gasteiger partial charge is 0.439 e. The maximum Gasteiger partial charge on any atom is 0.319 e. The summed E-state index contributed by atoms with van der Waals surface area (Å²) in [6.45, 7) is 0.182. The Morgan fingerprint density at radius 1 is 1.06 bits per heavy atom. The molecule has 0 unspecified atom stereocenters. The second kappa shape index (κ2) is 9.25. The summed E-state index contributed by atoms with van der Waals surface area (Å²) in [4.78, 5) is 28.5. The van der Waals surface area contributed by atoms with Crippen LogP contribution in [-0.2, 0) is 6.54 Å². The van der Waals surface area contributed by atoms with Gasteiger partial charge in [0.2, 0.25) is 5.88 Å². The van der Waals surface area contributed by atoms with E-state index in [9.17, 15) is 14.0 Å². The number of amides is 3. The van der Waals surface area contributed by atoms with Crippen LogP contribution in [0.1, 0.15) is 28.8 Å². The van der Waals surface area contributed by atoms with Gasteiger partial charge >= 0.3 is 6.03 Å². The molecule has 1 aliphatic carbocycles. The van der Waals surface area contributed by atoms with Crippen molar-refractivity contribution in [2.75, 3.05) is 5.32 Å². The molecule has 1 aliphatic rings. The standard InChI is InChI=1S/C23H21FN4O3/c24-17-4-1-5-20(13-17)31-22-16(3-2-12-25-22)14-26-21(29)15-6-8-18(9-7-15)27-23(30)28-19-10-11-19/h1-9,12-13,19H,10-11,14H2,(H,26,29)(H2,27,28,30). The summed E-state index contributed by atoms with van der Waals surface area (Å²) >= 11 is 0. The van der Waals surface area contributed by atoms with Crippen LogP contribution in [0.3, 0.4) is 0 Å². The predicted octanol–water partition coefficient (Wildman–Crippen LogP) is 4.23. The Morgan fingerprint density at radius 3 is 2.61 bits per heavy atom. The van der Waals surface area contributed by atoms with Gasteiger partial charge < -0.3 is 20.7 Å². The Labute approximate surface area is 178 Å². The molecule has 0 atom stereocenters. The van der Waals surface area contributed by atoms with Gasteiger partial charge in [0.25, 0.3) is 5.91 Å². The van der Waals surface area contributed by atoms with Crippen molar-refractivity contribution in [3.8, 4) is 11.6 Å². The van der Waals surface area contributed by atoms with Gasteiger partial charge in [-0.25, -0.2) is 14.2 Å². The van der Waals surface area contributed by atoms with Gasteiger partial charge in [0.1, 0.15) is 11.6 Å². The van der Waals surface area contributed by atoms with Gasteiger partial charge in [0, 0.05) is 41.7 Å². The SMILES string of the molecule is O=C(Nc1ccc(C(=O)NCc2cccnc2Oc2cccc(F)c2)cc1)NC1CC1. The summed E-state index contributed by atoms with van der Waals surface area (Å²) in [5.41, 5.74) is 1.70. The highest BCUT2D eigenvalue weighted by molar-refractivity contribution is 5.95. The van der Waals surface area contributed by atoms with Crippen molar-refractivity contribution in [2.45, 2.75) is 25.4 Å². The van der Waals surface area contributed by atoms with E-state index >= 15 is 0 Å². The number of urea groups is 1. The van der Waals surface area contributed by atoms with E-state index in [4.69, 9.17) is 4.74 Å². The number of carbonyl (C=O) groups excluding carboxylic acids is 2. The molecule has 0 radical (unpaired) electrons. The van der Waals surface area contributed by atoms with E-state index in [0.717, 1.165) is 12.8 Å². The monoisotopic (exact) mass is 420 g/mol. The van der Waals surface area contributed by atoms with Crippen molar-refractivity contribution in [3.63, 3.8) is 0 Å². The summed E-state index contributed by atoms with van der Waals surface area (Å²) in [5, 5.41) is 8.39. The van der Waals surface area contributed by atoms with Crippen LogP contribution < -0.4 is 20.7 Å². The number of pyridine rings is 1. The third-order valence-corrected chi connectivity index (χ3v) is 4.62. The number of nitrogens with one attached hydrogen (secondary N) is 3. The number of halogens is 1. The number of nitrogens with zero attached hydrogens (tertiary/aromatic N) is 1. The molecule has 3 amide bonds. The highest BCUT2D eigenvalue weighted by Crippen LogP contribution is 2.23. The summed E-state index contributed by atoms with van der Waals surface area (Å²) in [6, 6.07) is 15.9. The van der Waals surface area contributed by atoms with E-state index < -0.39 is 5.82 Å². The van der Waals surface area contributed by atoms with E-state index in [2.05, 4.69) is 20.9 Å². The first-order valence-electron chi connectivity index (χ1n) is 9.90. The Kier molecular flexibility index (Phi) is 6.07. The van der Waals surface area contributed by atoms with Gasteiger partial charge in [-0.15, -0.1) is 0 Å². The molecule has 1 heterocycles. The molecule has 0 saturated heterocycles. The third kappa shape index (κ3) is 5.79. The van der Waals surface area contributed by atoms with Crippen LogP contribution in [0.25, 0.3) is 0 Å². The fraction of sp³-hybridized carbons (Fsp3) is 0.174. The lowest BCUT2D eigenvalue weighted by molar-refractivity contribution is 0.0950. The van der Waals surface area contributed by atoms with E-state index in [-0.39, 0.29) is 30.4 Å². The summed E-state index contributed by atoms with van der Waals surface area (Å²) < 4.78 is 19.0. The molecule has 3 aromatic rings. The number of ether oxygens (including phenoxy) is 1. The fourth-order valence-corrected chi connectivity index (χ4v) is 2.86. The van der Waals surface area contributed by atoms with Crippen molar-refractivity contribution >= 4 is 17.6 Å². The summed E-state index contributed by atoms with van der Waals surface area (Å²) in [6.07, 6.45) is 3.59. The molecular formula is C23H21FN4O3. The van der Waals surface area contributed by atoms with Crippen molar-refractivity contribution in [1.82, 2.24) is 15.6 Å². The lowest BCUT2D eigenvalue weighted by atomic mass is 10.2. The molecule has 7 nitrogen and oxygen atoms in total. The molecule has 0 spiro atoms. The van der Waals surface area contributed by atoms with E-state index in [0.29, 0.717) is 22.6 Å². The molecule has 31 heavy (non-hydrogen) atoms. The maximum atomic E-state index is 13.4. The summed E-state index contributed by atoms with van der Waals surface area (Å²) in [7, 11) is 0. The number of anilines is 1. The van der Waals surface area contributed by atoms with Crippen LogP contribution in [0.5, 0.6) is 11.6 Å². The van der Waals surface area contributed by atoms with Gasteiger partial charge in [0.15, 0.2) is 0 Å². The highest BCUT2D eigenvalue weighted by atomic mass is 19.1. The first kappa shape index (κ1) is 20.3. The van der Waals surface area contributed by atoms with Crippen LogP contribution >= 0.6 is 0 Å². The highest BCUT2D eigenvalue weighted by Gasteiger charge is 2.23. The molecule has 1 aromatic heterocycles. The third-order valence-electron chi connectivity index (χ3n) is 4.62. The summed E-state index contributed by atoms with van der Waals surface area (Å²) in [5.74, 6) is -0.0875. The molecule has 0 aliphatic heterocycles. The number of rotatable bonds is 7. The minimum absolute atomic E-state index is 0.182. The minimum Gasteiger partial charge on any atom is -0.439 e. The molecule has 0 bridgehead atoms. The normalized spacial score (nSPS) is 12.7. The van der Waals surface area contributed by atoms with Crippen molar-refractivity contribution in [2.24, 2.45) is 0 Å². The minimum atomic E-state index is -0.411. The van der Waals surface area contributed by atoms with Crippen molar-refractivity contribution < 1.29 is 18.7 Å². The lowest BCUT2D eigenvalue weighted by Crippen LogP contribution is -2.30. The van der Waals surface area contributed by atoms with Gasteiger partial charge in [-0.1, -0.05) is 12.1 Å². The number of hydrogen-bond acceptors (Lipinski definition) is 4. The zero-order chi connectivity index (χ0) is 21.6. The Bertz CT molecular complexity index is 1080. The number of carbonyl (C=O) groups is 2.